The summed E-state index contributed by atoms with van der Waals surface area (Å²) in [4.78, 5) is 4.13. The smallest absolute Gasteiger partial charge is 0.147 e. The third kappa shape index (κ3) is 2.57. The first-order chi connectivity index (χ1) is 8.52. The molecule has 1 unspecified atom stereocenters. The minimum Gasteiger partial charge on any atom is -0.270 e. The lowest BCUT2D eigenvalue weighted by molar-refractivity contribution is 0.584. The number of aromatic nitrogens is 3. The summed E-state index contributed by atoms with van der Waals surface area (Å²) in [5.74, 6) is 6.29. The molecule has 5 nitrogen and oxygen atoms in total. The van der Waals surface area contributed by atoms with Gasteiger partial charge in [0.1, 0.15) is 18.2 Å². The lowest BCUT2D eigenvalue weighted by Gasteiger charge is -2.20. The van der Waals surface area contributed by atoms with Crippen molar-refractivity contribution in [3.63, 3.8) is 0 Å². The normalized spacial score (nSPS) is 13.6. The van der Waals surface area contributed by atoms with E-state index in [1.807, 2.05) is 0 Å². The second-order valence-electron chi connectivity index (χ2n) is 5.34. The molecule has 0 saturated heterocycles. The second-order valence-corrected chi connectivity index (χ2v) is 5.34. The van der Waals surface area contributed by atoms with Gasteiger partial charge in [-0.05, 0) is 16.5 Å². The molecule has 2 aromatic rings. The van der Waals surface area contributed by atoms with Crippen molar-refractivity contribution in [3.8, 4) is 0 Å². The highest BCUT2D eigenvalue weighted by Gasteiger charge is 2.17. The summed E-state index contributed by atoms with van der Waals surface area (Å²) in [6.07, 6.45) is 1.48. The number of rotatable bonds is 3. The molecule has 1 atom stereocenters. The Bertz CT molecular complexity index is 481. The molecule has 96 valence electrons. The van der Waals surface area contributed by atoms with Crippen LogP contribution in [0.1, 0.15) is 43.8 Å². The summed E-state index contributed by atoms with van der Waals surface area (Å²) < 4.78 is 0. The number of benzene rings is 1. The van der Waals surface area contributed by atoms with Crippen LogP contribution in [0.4, 0.5) is 0 Å². The minimum absolute atomic E-state index is 0.149. The molecule has 0 spiro atoms. The second kappa shape index (κ2) is 4.88. The largest absolute Gasteiger partial charge is 0.270 e. The van der Waals surface area contributed by atoms with Crippen LogP contribution >= 0.6 is 0 Å². The maximum absolute atomic E-state index is 5.58. The van der Waals surface area contributed by atoms with E-state index in [-0.39, 0.29) is 11.5 Å². The van der Waals surface area contributed by atoms with E-state index in [2.05, 4.69) is 65.6 Å². The predicted octanol–water partition coefficient (Wildman–Crippen LogP) is 1.65. The number of aromatic amines is 1. The van der Waals surface area contributed by atoms with Crippen LogP contribution in [0, 0.1) is 0 Å². The summed E-state index contributed by atoms with van der Waals surface area (Å²) in [6.45, 7) is 6.57. The Morgan fingerprint density at radius 3 is 2.33 bits per heavy atom. The molecule has 0 bridgehead atoms. The Balaban J connectivity index is 2.28. The van der Waals surface area contributed by atoms with Crippen molar-refractivity contribution in [2.24, 2.45) is 5.84 Å². The first-order valence-electron chi connectivity index (χ1n) is 5.94. The zero-order valence-corrected chi connectivity index (χ0v) is 10.9. The van der Waals surface area contributed by atoms with Gasteiger partial charge in [-0.3, -0.25) is 10.9 Å². The predicted molar refractivity (Wildman–Crippen MR) is 70.7 cm³/mol. The quantitative estimate of drug-likeness (QED) is 0.567. The first-order valence-corrected chi connectivity index (χ1v) is 5.94. The van der Waals surface area contributed by atoms with Crippen molar-refractivity contribution in [1.82, 2.24) is 20.6 Å². The van der Waals surface area contributed by atoms with Gasteiger partial charge >= 0.3 is 0 Å². The van der Waals surface area contributed by atoms with E-state index in [1.165, 1.54) is 11.9 Å². The Kier molecular flexibility index (Phi) is 3.45. The fraction of sp³-hybridized carbons (Fsp3) is 0.385. The van der Waals surface area contributed by atoms with Gasteiger partial charge in [0, 0.05) is 0 Å². The van der Waals surface area contributed by atoms with E-state index in [4.69, 9.17) is 5.84 Å². The molecular formula is C13H19N5. The average Bonchev–Trinajstić information content (AvgIpc) is 2.83. The van der Waals surface area contributed by atoms with Gasteiger partial charge in [0.25, 0.3) is 0 Å². The van der Waals surface area contributed by atoms with Crippen LogP contribution in [-0.2, 0) is 5.41 Å². The number of nitrogens with zero attached hydrogens (tertiary/aromatic N) is 2. The Hall–Kier alpha value is -1.72. The molecule has 0 aliphatic rings. The molecule has 0 aliphatic heterocycles. The van der Waals surface area contributed by atoms with Crippen LogP contribution in [0.2, 0.25) is 0 Å². The van der Waals surface area contributed by atoms with Gasteiger partial charge in [-0.1, -0.05) is 45.0 Å². The molecule has 1 aromatic carbocycles. The van der Waals surface area contributed by atoms with Gasteiger partial charge < -0.3 is 0 Å². The zero-order valence-electron chi connectivity index (χ0n) is 10.9. The first kappa shape index (κ1) is 12.7. The summed E-state index contributed by atoms with van der Waals surface area (Å²) in [5, 5.41) is 6.67. The van der Waals surface area contributed by atoms with Gasteiger partial charge in [0.05, 0.1) is 0 Å². The molecule has 18 heavy (non-hydrogen) atoms. The number of nitrogens with two attached hydrogens (primary N) is 1. The highest BCUT2D eigenvalue weighted by atomic mass is 15.3. The average molecular weight is 245 g/mol. The lowest BCUT2D eigenvalue weighted by atomic mass is 9.86. The molecule has 0 amide bonds. The number of H-pyrrole nitrogens is 1. The number of hydrogen-bond donors (Lipinski definition) is 3. The molecule has 1 aromatic heterocycles. The molecule has 2 rings (SSSR count). The van der Waals surface area contributed by atoms with Gasteiger partial charge in [-0.15, -0.1) is 0 Å². The summed E-state index contributed by atoms with van der Waals surface area (Å²) in [6, 6.07) is 8.20. The highest BCUT2D eigenvalue weighted by molar-refractivity contribution is 5.31. The van der Waals surface area contributed by atoms with Crippen molar-refractivity contribution in [1.29, 1.82) is 0 Å². The molecule has 0 fully saturated rings. The van der Waals surface area contributed by atoms with Gasteiger partial charge in [0.2, 0.25) is 0 Å². The molecule has 0 saturated carbocycles. The van der Waals surface area contributed by atoms with E-state index in [0.29, 0.717) is 5.82 Å². The topological polar surface area (TPSA) is 79.6 Å². The highest BCUT2D eigenvalue weighted by Crippen LogP contribution is 2.25. The van der Waals surface area contributed by atoms with Crippen molar-refractivity contribution in [2.75, 3.05) is 0 Å². The monoisotopic (exact) mass is 245 g/mol. The Morgan fingerprint density at radius 2 is 1.89 bits per heavy atom. The SMILES string of the molecule is CC(C)(C)c1ccc(C(NN)c2ncn[nH]2)cc1. The molecule has 1 heterocycles. The van der Waals surface area contributed by atoms with Crippen LogP contribution in [0.15, 0.2) is 30.6 Å². The van der Waals surface area contributed by atoms with Crippen molar-refractivity contribution in [3.05, 3.63) is 47.5 Å². The fourth-order valence-electron chi connectivity index (χ4n) is 1.86. The molecule has 4 N–H and O–H groups in total. The summed E-state index contributed by atoms with van der Waals surface area (Å²) in [5.41, 5.74) is 5.24. The molecule has 0 radical (unpaired) electrons. The molecular weight excluding hydrogens is 226 g/mol. The number of hydrazine groups is 1. The Morgan fingerprint density at radius 1 is 1.22 bits per heavy atom. The van der Waals surface area contributed by atoms with E-state index < -0.39 is 0 Å². The van der Waals surface area contributed by atoms with Crippen LogP contribution < -0.4 is 11.3 Å². The van der Waals surface area contributed by atoms with Crippen LogP contribution in [0.5, 0.6) is 0 Å². The maximum atomic E-state index is 5.58. The van der Waals surface area contributed by atoms with Crippen molar-refractivity contribution >= 4 is 0 Å². The van der Waals surface area contributed by atoms with E-state index in [1.54, 1.807) is 0 Å². The molecule has 0 aliphatic carbocycles. The number of hydrogen-bond acceptors (Lipinski definition) is 4. The van der Waals surface area contributed by atoms with Gasteiger partial charge in [0.15, 0.2) is 0 Å². The summed E-state index contributed by atoms with van der Waals surface area (Å²) >= 11 is 0. The van der Waals surface area contributed by atoms with E-state index in [9.17, 15) is 0 Å². The molecule has 5 heteroatoms. The van der Waals surface area contributed by atoms with Crippen molar-refractivity contribution in [2.45, 2.75) is 32.2 Å². The number of nitrogens with one attached hydrogen (secondary N) is 2. The van der Waals surface area contributed by atoms with E-state index in [0.717, 1.165) is 5.56 Å². The van der Waals surface area contributed by atoms with Crippen LogP contribution in [0.25, 0.3) is 0 Å². The van der Waals surface area contributed by atoms with Gasteiger partial charge in [-0.25, -0.2) is 10.4 Å². The third-order valence-electron chi connectivity index (χ3n) is 2.98. The van der Waals surface area contributed by atoms with Crippen LogP contribution in [0.3, 0.4) is 0 Å². The Labute approximate surface area is 107 Å². The standard InChI is InChI=1S/C13H19N5/c1-13(2,3)10-6-4-9(5-7-10)11(17-14)12-15-8-16-18-12/h4-8,11,17H,14H2,1-3H3,(H,15,16,18). The lowest BCUT2D eigenvalue weighted by Crippen LogP contribution is -2.29. The van der Waals surface area contributed by atoms with Gasteiger partial charge in [-0.2, -0.15) is 5.10 Å². The maximum Gasteiger partial charge on any atom is 0.147 e. The third-order valence-corrected chi connectivity index (χ3v) is 2.98. The van der Waals surface area contributed by atoms with Crippen LogP contribution in [-0.4, -0.2) is 15.2 Å². The van der Waals surface area contributed by atoms with Crippen molar-refractivity contribution < 1.29 is 0 Å². The minimum atomic E-state index is -0.165. The fourth-order valence-corrected chi connectivity index (χ4v) is 1.86. The zero-order chi connectivity index (χ0) is 13.2. The summed E-state index contributed by atoms with van der Waals surface area (Å²) in [7, 11) is 0. The van der Waals surface area contributed by atoms with E-state index >= 15 is 0 Å².